The van der Waals surface area contributed by atoms with Gasteiger partial charge in [-0.15, -0.1) is 0 Å². The molecule has 1 fully saturated rings. The van der Waals surface area contributed by atoms with Gasteiger partial charge < -0.3 is 9.84 Å². The lowest BCUT2D eigenvalue weighted by molar-refractivity contribution is 0.251. The molecule has 0 atom stereocenters. The molecule has 0 aromatic heterocycles. The fourth-order valence-electron chi connectivity index (χ4n) is 2.58. The van der Waals surface area contributed by atoms with E-state index in [-0.39, 0.29) is 6.61 Å². The van der Waals surface area contributed by atoms with Crippen molar-refractivity contribution in [2.75, 3.05) is 26.8 Å². The molecule has 3 nitrogen and oxygen atoms in total. The standard InChI is InChI=1S/C18H25NO2/c1-3-10-19(13-16-6-7-16)14-17-12-15(5-4-11-20)8-9-18(17)21-2/h8-9,12,16,20H,3,6-7,10-11,13-14H2,1-2H3. The number of ether oxygens (including phenoxy) is 1. The lowest BCUT2D eigenvalue weighted by atomic mass is 10.1. The quantitative estimate of drug-likeness (QED) is 0.783. The van der Waals surface area contributed by atoms with Gasteiger partial charge in [0, 0.05) is 24.2 Å². The lowest BCUT2D eigenvalue weighted by Crippen LogP contribution is -2.26. The Hall–Kier alpha value is -1.50. The van der Waals surface area contributed by atoms with E-state index in [4.69, 9.17) is 9.84 Å². The van der Waals surface area contributed by atoms with Gasteiger partial charge in [0.05, 0.1) is 7.11 Å². The van der Waals surface area contributed by atoms with E-state index >= 15 is 0 Å². The number of methoxy groups -OCH3 is 1. The van der Waals surface area contributed by atoms with E-state index in [1.54, 1.807) is 7.11 Å². The largest absolute Gasteiger partial charge is 0.496 e. The summed E-state index contributed by atoms with van der Waals surface area (Å²) in [6.45, 7) is 5.32. The predicted octanol–water partition coefficient (Wildman–Crippen LogP) is 2.66. The third kappa shape index (κ3) is 5.08. The van der Waals surface area contributed by atoms with E-state index < -0.39 is 0 Å². The summed E-state index contributed by atoms with van der Waals surface area (Å²) < 4.78 is 5.48. The Bertz CT molecular complexity index is 512. The number of aliphatic hydroxyl groups is 1. The van der Waals surface area contributed by atoms with Crippen molar-refractivity contribution in [1.82, 2.24) is 4.90 Å². The Kier molecular flexibility index (Phi) is 6.10. The van der Waals surface area contributed by atoms with Gasteiger partial charge in [0.15, 0.2) is 0 Å². The van der Waals surface area contributed by atoms with Crippen molar-refractivity contribution in [1.29, 1.82) is 0 Å². The molecule has 0 saturated heterocycles. The smallest absolute Gasteiger partial charge is 0.123 e. The Morgan fingerprint density at radius 3 is 2.81 bits per heavy atom. The molecule has 114 valence electrons. The summed E-state index contributed by atoms with van der Waals surface area (Å²) in [5.74, 6) is 7.48. The van der Waals surface area contributed by atoms with E-state index in [9.17, 15) is 0 Å². The van der Waals surface area contributed by atoms with Crippen molar-refractivity contribution in [2.24, 2.45) is 5.92 Å². The summed E-state index contributed by atoms with van der Waals surface area (Å²) in [5, 5.41) is 8.81. The number of hydrogen-bond donors (Lipinski definition) is 1. The molecule has 1 saturated carbocycles. The first-order valence-electron chi connectivity index (χ1n) is 7.75. The summed E-state index contributed by atoms with van der Waals surface area (Å²) >= 11 is 0. The number of benzene rings is 1. The fraction of sp³-hybridized carbons (Fsp3) is 0.556. The number of aliphatic hydroxyl groups excluding tert-OH is 1. The molecule has 0 radical (unpaired) electrons. The third-order valence-electron chi connectivity index (χ3n) is 3.74. The van der Waals surface area contributed by atoms with Crippen molar-refractivity contribution in [3.05, 3.63) is 29.3 Å². The molecule has 1 aromatic rings. The zero-order chi connectivity index (χ0) is 15.1. The summed E-state index contributed by atoms with van der Waals surface area (Å²) in [7, 11) is 1.71. The van der Waals surface area contributed by atoms with Crippen LogP contribution in [-0.2, 0) is 6.54 Å². The van der Waals surface area contributed by atoms with Crippen molar-refractivity contribution < 1.29 is 9.84 Å². The van der Waals surface area contributed by atoms with Crippen LogP contribution >= 0.6 is 0 Å². The molecule has 0 bridgehead atoms. The minimum atomic E-state index is -0.106. The van der Waals surface area contributed by atoms with Gasteiger partial charge in [0.25, 0.3) is 0 Å². The van der Waals surface area contributed by atoms with Gasteiger partial charge in [-0.05, 0) is 49.9 Å². The molecule has 0 heterocycles. The van der Waals surface area contributed by atoms with Crippen molar-refractivity contribution >= 4 is 0 Å². The molecule has 1 aliphatic rings. The van der Waals surface area contributed by atoms with Crippen LogP contribution < -0.4 is 4.74 Å². The van der Waals surface area contributed by atoms with Gasteiger partial charge in [-0.2, -0.15) is 0 Å². The number of hydrogen-bond acceptors (Lipinski definition) is 3. The van der Waals surface area contributed by atoms with Crippen molar-refractivity contribution in [2.45, 2.75) is 32.7 Å². The Morgan fingerprint density at radius 2 is 2.19 bits per heavy atom. The van der Waals surface area contributed by atoms with Crippen molar-refractivity contribution in [3.8, 4) is 17.6 Å². The maximum absolute atomic E-state index is 8.81. The van der Waals surface area contributed by atoms with Gasteiger partial charge in [-0.3, -0.25) is 4.90 Å². The van der Waals surface area contributed by atoms with Gasteiger partial charge in [-0.25, -0.2) is 0 Å². The van der Waals surface area contributed by atoms with E-state index in [1.807, 2.05) is 12.1 Å². The summed E-state index contributed by atoms with van der Waals surface area (Å²) in [5.41, 5.74) is 2.11. The SMILES string of the molecule is CCCN(Cc1cc(C#CCO)ccc1OC)CC1CC1. The molecule has 0 spiro atoms. The molecule has 1 aliphatic carbocycles. The highest BCUT2D eigenvalue weighted by atomic mass is 16.5. The van der Waals surface area contributed by atoms with Gasteiger partial charge >= 0.3 is 0 Å². The molecule has 1 aromatic carbocycles. The average molecular weight is 287 g/mol. The molecule has 21 heavy (non-hydrogen) atoms. The molecule has 1 N–H and O–H groups in total. The average Bonchev–Trinajstić information content (AvgIpc) is 3.29. The highest BCUT2D eigenvalue weighted by Crippen LogP contribution is 2.31. The molecule has 2 rings (SSSR count). The molecule has 0 aliphatic heterocycles. The Labute approximate surface area is 127 Å². The minimum absolute atomic E-state index is 0.106. The Morgan fingerprint density at radius 1 is 1.38 bits per heavy atom. The van der Waals surface area contributed by atoms with Crippen LogP contribution in [0, 0.1) is 17.8 Å². The number of rotatable bonds is 7. The van der Waals surface area contributed by atoms with E-state index in [1.165, 1.54) is 31.4 Å². The highest BCUT2D eigenvalue weighted by Gasteiger charge is 2.24. The predicted molar refractivity (Wildman–Crippen MR) is 85.2 cm³/mol. The zero-order valence-electron chi connectivity index (χ0n) is 13.1. The normalized spacial score (nSPS) is 13.9. The summed E-state index contributed by atoms with van der Waals surface area (Å²) in [4.78, 5) is 2.51. The second-order valence-corrected chi connectivity index (χ2v) is 5.67. The first kappa shape index (κ1) is 15.9. The molecular formula is C18H25NO2. The van der Waals surface area contributed by atoms with Crippen LogP contribution in [0.4, 0.5) is 0 Å². The monoisotopic (exact) mass is 287 g/mol. The maximum atomic E-state index is 8.81. The first-order valence-corrected chi connectivity index (χ1v) is 7.75. The van der Waals surface area contributed by atoms with E-state index in [0.717, 1.165) is 30.3 Å². The molecule has 0 unspecified atom stereocenters. The molecular weight excluding hydrogens is 262 g/mol. The van der Waals surface area contributed by atoms with Gasteiger partial charge in [0.1, 0.15) is 12.4 Å². The minimum Gasteiger partial charge on any atom is -0.496 e. The maximum Gasteiger partial charge on any atom is 0.123 e. The van der Waals surface area contributed by atoms with Gasteiger partial charge in [-0.1, -0.05) is 18.8 Å². The van der Waals surface area contributed by atoms with Crippen LogP contribution in [0.15, 0.2) is 18.2 Å². The van der Waals surface area contributed by atoms with Gasteiger partial charge in [0.2, 0.25) is 0 Å². The zero-order valence-corrected chi connectivity index (χ0v) is 13.1. The summed E-state index contributed by atoms with van der Waals surface area (Å²) in [6, 6.07) is 5.99. The van der Waals surface area contributed by atoms with Crippen LogP contribution in [0.25, 0.3) is 0 Å². The van der Waals surface area contributed by atoms with Crippen molar-refractivity contribution in [3.63, 3.8) is 0 Å². The van der Waals surface area contributed by atoms with Crippen LogP contribution in [0.1, 0.15) is 37.3 Å². The van der Waals surface area contributed by atoms with Crippen LogP contribution in [0.5, 0.6) is 5.75 Å². The number of nitrogens with zero attached hydrogens (tertiary/aromatic N) is 1. The topological polar surface area (TPSA) is 32.7 Å². The van der Waals surface area contributed by atoms with E-state index in [2.05, 4.69) is 29.7 Å². The third-order valence-corrected chi connectivity index (χ3v) is 3.74. The second-order valence-electron chi connectivity index (χ2n) is 5.67. The van der Waals surface area contributed by atoms with E-state index in [0.29, 0.717) is 0 Å². The second kappa shape index (κ2) is 8.07. The van der Waals surface area contributed by atoms with Crippen LogP contribution in [0.2, 0.25) is 0 Å². The lowest BCUT2D eigenvalue weighted by Gasteiger charge is -2.23. The highest BCUT2D eigenvalue weighted by molar-refractivity contribution is 5.44. The molecule has 0 amide bonds. The first-order chi connectivity index (χ1) is 10.3. The Balaban J connectivity index is 2.13. The molecule has 3 heteroatoms. The summed E-state index contributed by atoms with van der Waals surface area (Å²) in [6.07, 6.45) is 3.91. The fourth-order valence-corrected chi connectivity index (χ4v) is 2.58. The van der Waals surface area contributed by atoms with Crippen LogP contribution in [-0.4, -0.2) is 36.8 Å². The van der Waals surface area contributed by atoms with Crippen LogP contribution in [0.3, 0.4) is 0 Å².